The lowest BCUT2D eigenvalue weighted by molar-refractivity contribution is -0.149. The fourth-order valence-corrected chi connectivity index (χ4v) is 4.40. The molecule has 1 heterocycles. The van der Waals surface area contributed by atoms with E-state index in [1.807, 2.05) is 11.8 Å². The van der Waals surface area contributed by atoms with Crippen LogP contribution in [0.1, 0.15) is 51.4 Å². The fourth-order valence-electron chi connectivity index (χ4n) is 3.20. The maximum atomic E-state index is 11.9. The number of urea groups is 1. The normalized spacial score (nSPS) is 25.0. The largest absolute Gasteiger partial charge is 0.481 e. The summed E-state index contributed by atoms with van der Waals surface area (Å²) in [6.45, 7) is 0.919. The summed E-state index contributed by atoms with van der Waals surface area (Å²) < 4.78 is 0. The zero-order valence-electron chi connectivity index (χ0n) is 12.5. The number of rotatable bonds is 5. The van der Waals surface area contributed by atoms with Gasteiger partial charge in [-0.3, -0.25) is 4.79 Å². The van der Waals surface area contributed by atoms with Gasteiger partial charge in [-0.15, -0.1) is 0 Å². The van der Waals surface area contributed by atoms with Gasteiger partial charge in [-0.1, -0.05) is 25.7 Å². The van der Waals surface area contributed by atoms with Crippen molar-refractivity contribution in [2.45, 2.75) is 56.6 Å². The topological polar surface area (TPSA) is 78.4 Å². The predicted molar refractivity (Wildman–Crippen MR) is 84.7 cm³/mol. The molecule has 1 atom stereocenters. The number of amides is 2. The number of carboxylic acid groups (broad SMARTS) is 1. The summed E-state index contributed by atoms with van der Waals surface area (Å²) in [6.07, 6.45) is 7.79. The molecule has 120 valence electrons. The summed E-state index contributed by atoms with van der Waals surface area (Å²) in [4.78, 5) is 23.5. The highest BCUT2D eigenvalue weighted by Gasteiger charge is 2.38. The summed E-state index contributed by atoms with van der Waals surface area (Å²) in [5.74, 6) is 0.409. The smallest absolute Gasteiger partial charge is 0.314 e. The Kier molecular flexibility index (Phi) is 6.21. The second kappa shape index (κ2) is 7.92. The van der Waals surface area contributed by atoms with E-state index in [4.69, 9.17) is 0 Å². The molecule has 0 spiro atoms. The van der Waals surface area contributed by atoms with Crippen molar-refractivity contribution in [1.29, 1.82) is 0 Å². The third-order valence-corrected chi connectivity index (χ3v) is 6.01. The number of thioether (sulfide) groups is 1. The standard InChI is InChI=1S/C15H26N2O3S/c18-13(19)15(7-3-1-2-4-8-15)11-17-14(20)16-10-12-6-5-9-21-12/h12H,1-11H2,(H,18,19)(H2,16,17,20). The van der Waals surface area contributed by atoms with E-state index in [9.17, 15) is 14.7 Å². The van der Waals surface area contributed by atoms with Crippen LogP contribution in [0.25, 0.3) is 0 Å². The third-order valence-electron chi connectivity index (χ3n) is 4.62. The van der Waals surface area contributed by atoms with E-state index >= 15 is 0 Å². The highest BCUT2D eigenvalue weighted by atomic mass is 32.2. The van der Waals surface area contributed by atoms with Crippen molar-refractivity contribution in [3.8, 4) is 0 Å². The molecule has 2 rings (SSSR count). The van der Waals surface area contributed by atoms with Crippen LogP contribution in [-0.4, -0.2) is 41.2 Å². The molecule has 0 aromatic heterocycles. The molecular formula is C15H26N2O3S. The first-order valence-corrected chi connectivity index (χ1v) is 9.04. The molecule has 1 aliphatic heterocycles. The van der Waals surface area contributed by atoms with Gasteiger partial charge in [0.05, 0.1) is 5.41 Å². The van der Waals surface area contributed by atoms with Gasteiger partial charge in [0.25, 0.3) is 0 Å². The van der Waals surface area contributed by atoms with E-state index in [1.165, 1.54) is 12.2 Å². The molecule has 0 aromatic carbocycles. The molecular weight excluding hydrogens is 288 g/mol. The summed E-state index contributed by atoms with van der Waals surface area (Å²) >= 11 is 1.90. The zero-order chi connectivity index (χ0) is 15.1. The Labute approximate surface area is 130 Å². The maximum Gasteiger partial charge on any atom is 0.314 e. The lowest BCUT2D eigenvalue weighted by Gasteiger charge is -2.28. The number of hydrogen-bond acceptors (Lipinski definition) is 3. The van der Waals surface area contributed by atoms with Crippen LogP contribution in [0.5, 0.6) is 0 Å². The van der Waals surface area contributed by atoms with E-state index in [1.54, 1.807) is 0 Å². The van der Waals surface area contributed by atoms with Gasteiger partial charge < -0.3 is 15.7 Å². The van der Waals surface area contributed by atoms with Crippen molar-refractivity contribution in [3.63, 3.8) is 0 Å². The monoisotopic (exact) mass is 314 g/mol. The first-order chi connectivity index (χ1) is 10.1. The van der Waals surface area contributed by atoms with E-state index < -0.39 is 11.4 Å². The van der Waals surface area contributed by atoms with Crippen molar-refractivity contribution in [2.75, 3.05) is 18.8 Å². The second-order valence-electron chi connectivity index (χ2n) is 6.20. The van der Waals surface area contributed by atoms with Crippen molar-refractivity contribution < 1.29 is 14.7 Å². The molecule has 2 aliphatic rings. The van der Waals surface area contributed by atoms with Crippen LogP contribution >= 0.6 is 11.8 Å². The average Bonchev–Trinajstić information content (AvgIpc) is 2.87. The Hall–Kier alpha value is -0.910. The van der Waals surface area contributed by atoms with Gasteiger partial charge in [0.15, 0.2) is 0 Å². The number of carboxylic acids is 1. The second-order valence-corrected chi connectivity index (χ2v) is 7.61. The molecule has 1 saturated heterocycles. The first-order valence-electron chi connectivity index (χ1n) is 7.99. The molecule has 6 heteroatoms. The molecule has 1 unspecified atom stereocenters. The van der Waals surface area contributed by atoms with E-state index in [-0.39, 0.29) is 12.6 Å². The Morgan fingerprint density at radius 1 is 1.10 bits per heavy atom. The van der Waals surface area contributed by atoms with Crippen LogP contribution in [0.15, 0.2) is 0 Å². The van der Waals surface area contributed by atoms with Crippen LogP contribution in [0, 0.1) is 5.41 Å². The van der Waals surface area contributed by atoms with E-state index in [0.717, 1.165) is 32.1 Å². The number of carbonyl (C=O) groups excluding carboxylic acids is 1. The molecule has 1 aliphatic carbocycles. The van der Waals surface area contributed by atoms with Gasteiger partial charge in [0, 0.05) is 18.3 Å². The van der Waals surface area contributed by atoms with E-state index in [0.29, 0.717) is 24.6 Å². The maximum absolute atomic E-state index is 11.9. The molecule has 1 saturated carbocycles. The van der Waals surface area contributed by atoms with Crippen molar-refractivity contribution in [1.82, 2.24) is 10.6 Å². The van der Waals surface area contributed by atoms with Gasteiger partial charge in [-0.25, -0.2) is 4.79 Å². The lowest BCUT2D eigenvalue weighted by Crippen LogP contribution is -2.47. The lowest BCUT2D eigenvalue weighted by atomic mass is 9.80. The molecule has 21 heavy (non-hydrogen) atoms. The minimum Gasteiger partial charge on any atom is -0.481 e. The van der Waals surface area contributed by atoms with Gasteiger partial charge in [-0.2, -0.15) is 11.8 Å². The molecule has 0 radical (unpaired) electrons. The summed E-state index contributed by atoms with van der Waals surface area (Å²) in [5.41, 5.74) is -0.768. The molecule has 3 N–H and O–H groups in total. The third kappa shape index (κ3) is 4.80. The van der Waals surface area contributed by atoms with Crippen LogP contribution < -0.4 is 10.6 Å². The van der Waals surface area contributed by atoms with Gasteiger partial charge >= 0.3 is 12.0 Å². The Bertz CT molecular complexity index is 362. The number of nitrogens with one attached hydrogen (secondary N) is 2. The minimum atomic E-state index is -0.768. The Morgan fingerprint density at radius 2 is 1.81 bits per heavy atom. The average molecular weight is 314 g/mol. The zero-order valence-corrected chi connectivity index (χ0v) is 13.3. The quantitative estimate of drug-likeness (QED) is 0.682. The first kappa shape index (κ1) is 16.5. The van der Waals surface area contributed by atoms with Crippen molar-refractivity contribution in [3.05, 3.63) is 0 Å². The van der Waals surface area contributed by atoms with Gasteiger partial charge in [0.1, 0.15) is 0 Å². The minimum absolute atomic E-state index is 0.229. The SMILES string of the molecule is O=C(NCC1CCCS1)NCC1(C(=O)O)CCCCCC1. The number of hydrogen-bond donors (Lipinski definition) is 3. The van der Waals surface area contributed by atoms with E-state index in [2.05, 4.69) is 10.6 Å². The highest BCUT2D eigenvalue weighted by molar-refractivity contribution is 8.00. The van der Waals surface area contributed by atoms with Gasteiger partial charge in [-0.05, 0) is 31.4 Å². The summed E-state index contributed by atoms with van der Waals surface area (Å²) in [7, 11) is 0. The molecule has 2 fully saturated rings. The predicted octanol–water partition coefficient (Wildman–Crippen LogP) is 2.61. The number of carbonyl (C=O) groups is 2. The van der Waals surface area contributed by atoms with Crippen LogP contribution in [0.3, 0.4) is 0 Å². The van der Waals surface area contributed by atoms with Crippen LogP contribution in [0.4, 0.5) is 4.79 Å². The molecule has 2 amide bonds. The summed E-state index contributed by atoms with van der Waals surface area (Å²) in [5, 5.41) is 15.7. The van der Waals surface area contributed by atoms with Crippen LogP contribution in [0.2, 0.25) is 0 Å². The van der Waals surface area contributed by atoms with Crippen molar-refractivity contribution >= 4 is 23.8 Å². The molecule has 0 bridgehead atoms. The molecule has 0 aromatic rings. The summed E-state index contributed by atoms with van der Waals surface area (Å²) in [6, 6.07) is -0.229. The number of aliphatic carboxylic acids is 1. The molecule has 5 nitrogen and oxygen atoms in total. The van der Waals surface area contributed by atoms with Gasteiger partial charge in [0.2, 0.25) is 0 Å². The van der Waals surface area contributed by atoms with Crippen molar-refractivity contribution in [2.24, 2.45) is 5.41 Å². The Morgan fingerprint density at radius 3 is 2.38 bits per heavy atom. The van der Waals surface area contributed by atoms with Crippen LogP contribution in [-0.2, 0) is 4.79 Å². The fraction of sp³-hybridized carbons (Fsp3) is 0.867. The highest BCUT2D eigenvalue weighted by Crippen LogP contribution is 2.34. The Balaban J connectivity index is 1.77.